The molecule has 0 radical (unpaired) electrons. The first-order valence-corrected chi connectivity index (χ1v) is 6.56. The highest BCUT2D eigenvalue weighted by Gasteiger charge is 2.15. The summed E-state index contributed by atoms with van der Waals surface area (Å²) in [5.41, 5.74) is 5.63. The number of aliphatic imine (C=N–C) groups is 1. The van der Waals surface area contributed by atoms with Crippen LogP contribution in [0.4, 0.5) is 8.78 Å². The molecular formula is C14H15F2N5O. The van der Waals surface area contributed by atoms with E-state index in [9.17, 15) is 13.6 Å². The number of carbonyl (C=O) groups is 1. The standard InChI is InChI=1S/C14H15F2N5O/c1-8(7-22)18-14(17)21-9(2)19-13(20-21)6-10-11(15)4-3-5-12(10)16/h3-5,7-8H,6H2,1-2H3,(H2,17,18). The van der Waals surface area contributed by atoms with E-state index in [2.05, 4.69) is 15.1 Å². The molecule has 0 saturated heterocycles. The highest BCUT2D eigenvalue weighted by molar-refractivity contribution is 5.81. The summed E-state index contributed by atoms with van der Waals surface area (Å²) in [6, 6.07) is 3.01. The molecule has 8 heteroatoms. The van der Waals surface area contributed by atoms with E-state index in [1.54, 1.807) is 13.8 Å². The Kier molecular flexibility index (Phi) is 4.59. The first kappa shape index (κ1) is 15.7. The third-order valence-electron chi connectivity index (χ3n) is 2.96. The van der Waals surface area contributed by atoms with Crippen LogP contribution < -0.4 is 5.73 Å². The fourth-order valence-electron chi connectivity index (χ4n) is 1.89. The smallest absolute Gasteiger partial charge is 0.218 e. The zero-order chi connectivity index (χ0) is 16.3. The van der Waals surface area contributed by atoms with Gasteiger partial charge in [0.25, 0.3) is 0 Å². The minimum Gasteiger partial charge on any atom is -0.368 e. The molecule has 0 saturated carbocycles. The molecule has 0 aliphatic carbocycles. The quantitative estimate of drug-likeness (QED) is 0.522. The van der Waals surface area contributed by atoms with E-state index in [0.29, 0.717) is 12.1 Å². The van der Waals surface area contributed by atoms with Crippen LogP contribution in [0.3, 0.4) is 0 Å². The van der Waals surface area contributed by atoms with Gasteiger partial charge >= 0.3 is 0 Å². The van der Waals surface area contributed by atoms with Crippen molar-refractivity contribution in [1.29, 1.82) is 0 Å². The summed E-state index contributed by atoms with van der Waals surface area (Å²) >= 11 is 0. The van der Waals surface area contributed by atoms with Crippen molar-refractivity contribution in [1.82, 2.24) is 14.8 Å². The molecule has 1 atom stereocenters. The van der Waals surface area contributed by atoms with E-state index < -0.39 is 17.7 Å². The maximum atomic E-state index is 13.6. The predicted molar refractivity (Wildman–Crippen MR) is 76.5 cm³/mol. The largest absolute Gasteiger partial charge is 0.368 e. The number of nitrogens with zero attached hydrogens (tertiary/aromatic N) is 4. The normalized spacial score (nSPS) is 13.2. The Morgan fingerprint density at radius 2 is 2.09 bits per heavy atom. The molecule has 1 heterocycles. The Morgan fingerprint density at radius 3 is 2.68 bits per heavy atom. The fraction of sp³-hybridized carbons (Fsp3) is 0.286. The lowest BCUT2D eigenvalue weighted by Gasteiger charge is -2.03. The Labute approximate surface area is 125 Å². The number of aldehydes is 1. The van der Waals surface area contributed by atoms with Gasteiger partial charge in [-0.25, -0.2) is 18.8 Å². The highest BCUT2D eigenvalue weighted by atomic mass is 19.1. The van der Waals surface area contributed by atoms with E-state index in [1.807, 2.05) is 0 Å². The van der Waals surface area contributed by atoms with Crippen LogP contribution in [0.15, 0.2) is 23.2 Å². The topological polar surface area (TPSA) is 86.2 Å². The van der Waals surface area contributed by atoms with Gasteiger partial charge in [0.1, 0.15) is 29.8 Å². The van der Waals surface area contributed by atoms with E-state index in [1.165, 1.54) is 22.9 Å². The third kappa shape index (κ3) is 3.33. The summed E-state index contributed by atoms with van der Waals surface area (Å²) in [4.78, 5) is 18.6. The van der Waals surface area contributed by atoms with Gasteiger partial charge in [-0.3, -0.25) is 0 Å². The number of hydrogen-bond acceptors (Lipinski definition) is 4. The van der Waals surface area contributed by atoms with Gasteiger partial charge in [0, 0.05) is 12.0 Å². The van der Waals surface area contributed by atoms with Crippen molar-refractivity contribution in [3.8, 4) is 0 Å². The molecule has 0 bridgehead atoms. The van der Waals surface area contributed by atoms with Crippen LogP contribution in [0.2, 0.25) is 0 Å². The van der Waals surface area contributed by atoms with Gasteiger partial charge in [-0.2, -0.15) is 4.68 Å². The number of nitrogens with two attached hydrogens (primary N) is 1. The molecule has 0 aliphatic heterocycles. The molecule has 22 heavy (non-hydrogen) atoms. The number of halogens is 2. The highest BCUT2D eigenvalue weighted by Crippen LogP contribution is 2.15. The van der Waals surface area contributed by atoms with Crippen molar-refractivity contribution in [3.63, 3.8) is 0 Å². The summed E-state index contributed by atoms with van der Waals surface area (Å²) in [5.74, 6) is -0.718. The van der Waals surface area contributed by atoms with Crippen LogP contribution in [0.1, 0.15) is 24.1 Å². The average molecular weight is 307 g/mol. The molecule has 1 aromatic heterocycles. The first-order chi connectivity index (χ1) is 10.4. The number of benzene rings is 1. The zero-order valence-electron chi connectivity index (χ0n) is 12.1. The van der Waals surface area contributed by atoms with E-state index >= 15 is 0 Å². The van der Waals surface area contributed by atoms with Crippen LogP contribution in [-0.4, -0.2) is 33.1 Å². The lowest BCUT2D eigenvalue weighted by atomic mass is 10.1. The Balaban J connectivity index is 2.31. The van der Waals surface area contributed by atoms with Crippen LogP contribution in [0.5, 0.6) is 0 Å². The molecule has 1 unspecified atom stereocenters. The van der Waals surface area contributed by atoms with Gasteiger partial charge in [-0.05, 0) is 26.0 Å². The van der Waals surface area contributed by atoms with Gasteiger partial charge in [-0.1, -0.05) is 6.07 Å². The number of hydrogen-bond donors (Lipinski definition) is 1. The molecular weight excluding hydrogens is 292 g/mol. The maximum absolute atomic E-state index is 13.6. The molecule has 0 fully saturated rings. The molecule has 0 spiro atoms. The molecule has 0 amide bonds. The summed E-state index contributed by atoms with van der Waals surface area (Å²) in [6.45, 7) is 3.20. The lowest BCUT2D eigenvalue weighted by molar-refractivity contribution is -0.108. The number of aryl methyl sites for hydroxylation is 1. The zero-order valence-corrected chi connectivity index (χ0v) is 12.1. The number of carbonyl (C=O) groups excluding carboxylic acids is 1. The fourth-order valence-corrected chi connectivity index (χ4v) is 1.89. The summed E-state index contributed by atoms with van der Waals surface area (Å²) in [6.07, 6.45) is 0.525. The summed E-state index contributed by atoms with van der Waals surface area (Å²) < 4.78 is 28.5. The van der Waals surface area contributed by atoms with Crippen LogP contribution >= 0.6 is 0 Å². The van der Waals surface area contributed by atoms with Crippen LogP contribution in [-0.2, 0) is 11.2 Å². The first-order valence-electron chi connectivity index (χ1n) is 6.56. The van der Waals surface area contributed by atoms with Gasteiger partial charge < -0.3 is 10.5 Å². The van der Waals surface area contributed by atoms with E-state index in [0.717, 1.165) is 0 Å². The van der Waals surface area contributed by atoms with Crippen molar-refractivity contribution in [2.75, 3.05) is 0 Å². The third-order valence-corrected chi connectivity index (χ3v) is 2.96. The predicted octanol–water partition coefficient (Wildman–Crippen LogP) is 1.21. The van der Waals surface area contributed by atoms with Crippen molar-refractivity contribution < 1.29 is 13.6 Å². The van der Waals surface area contributed by atoms with Crippen molar-refractivity contribution in [3.05, 3.63) is 47.0 Å². The van der Waals surface area contributed by atoms with Gasteiger partial charge in [-0.15, -0.1) is 5.10 Å². The second-order valence-electron chi connectivity index (χ2n) is 4.73. The van der Waals surface area contributed by atoms with Gasteiger partial charge in [0.05, 0.1) is 0 Å². The van der Waals surface area contributed by atoms with E-state index in [4.69, 9.17) is 5.73 Å². The minimum absolute atomic E-state index is 0.00939. The molecule has 1 aromatic carbocycles. The van der Waals surface area contributed by atoms with Gasteiger partial charge in [0.15, 0.2) is 5.82 Å². The lowest BCUT2D eigenvalue weighted by Crippen LogP contribution is -2.27. The van der Waals surface area contributed by atoms with Crippen LogP contribution in [0, 0.1) is 18.6 Å². The average Bonchev–Trinajstić information content (AvgIpc) is 2.84. The molecule has 116 valence electrons. The van der Waals surface area contributed by atoms with Crippen molar-refractivity contribution in [2.45, 2.75) is 26.3 Å². The number of rotatable bonds is 4. The second kappa shape index (κ2) is 6.42. The molecule has 2 rings (SSSR count). The monoisotopic (exact) mass is 307 g/mol. The summed E-state index contributed by atoms with van der Waals surface area (Å²) in [7, 11) is 0. The Morgan fingerprint density at radius 1 is 1.45 bits per heavy atom. The van der Waals surface area contributed by atoms with Crippen molar-refractivity contribution >= 4 is 12.2 Å². The molecule has 6 nitrogen and oxygen atoms in total. The Bertz CT molecular complexity index is 706. The van der Waals surface area contributed by atoms with Crippen molar-refractivity contribution in [2.24, 2.45) is 10.7 Å². The van der Waals surface area contributed by atoms with E-state index in [-0.39, 0.29) is 23.8 Å². The Hall–Kier alpha value is -2.64. The molecule has 0 aliphatic rings. The SMILES string of the molecule is Cc1nc(Cc2c(F)cccc2F)nn1/C(N)=N\C(C)C=O. The summed E-state index contributed by atoms with van der Waals surface area (Å²) in [5, 5.41) is 4.08. The molecule has 2 N–H and O–H groups in total. The van der Waals surface area contributed by atoms with Gasteiger partial charge in [0.2, 0.25) is 5.96 Å². The van der Waals surface area contributed by atoms with Crippen LogP contribution in [0.25, 0.3) is 0 Å². The molecule has 2 aromatic rings. The number of aromatic nitrogens is 3. The second-order valence-corrected chi connectivity index (χ2v) is 4.73. The maximum Gasteiger partial charge on any atom is 0.218 e. The minimum atomic E-state index is -0.662.